The van der Waals surface area contributed by atoms with Gasteiger partial charge in [0, 0.05) is 65.6 Å². The Morgan fingerprint density at radius 3 is 1.02 bits per heavy atom. The molecule has 2 N–H and O–H groups in total. The van der Waals surface area contributed by atoms with Crippen molar-refractivity contribution in [2.24, 2.45) is 0 Å². The number of hydrogen-bond donors (Lipinski definition) is 2. The van der Waals surface area contributed by atoms with Gasteiger partial charge in [-0.15, -0.1) is 0 Å². The van der Waals surface area contributed by atoms with E-state index in [1.165, 1.54) is 0 Å². The Labute approximate surface area is 278 Å². The lowest BCUT2D eigenvalue weighted by Gasteiger charge is -2.16. The summed E-state index contributed by atoms with van der Waals surface area (Å²) in [5, 5.41) is 2.81. The molecule has 0 radical (unpaired) electrons. The van der Waals surface area contributed by atoms with E-state index in [1.54, 1.807) is 24.3 Å². The number of aromatic amines is 2. The van der Waals surface area contributed by atoms with Crippen LogP contribution >= 0.6 is 23.2 Å². The molecular formula is C40H54Cl2N2. The molecule has 1 aromatic carbocycles. The minimum atomic E-state index is 0.482. The van der Waals surface area contributed by atoms with E-state index < -0.39 is 0 Å². The van der Waals surface area contributed by atoms with Crippen molar-refractivity contribution in [2.45, 2.75) is 69.2 Å². The molecule has 0 aliphatic heterocycles. The normalized spacial score (nSPS) is 11.4. The highest BCUT2D eigenvalue weighted by atomic mass is 35.5. The van der Waals surface area contributed by atoms with Gasteiger partial charge < -0.3 is 9.97 Å². The van der Waals surface area contributed by atoms with Crippen LogP contribution in [0.3, 0.4) is 0 Å². The number of allylic oxidation sites excluding steroid dienone is 10. The van der Waals surface area contributed by atoms with Gasteiger partial charge in [0.15, 0.2) is 0 Å². The maximum Gasteiger partial charge on any atom is 0.0559 e. The molecule has 2 aromatic heterocycles. The van der Waals surface area contributed by atoms with Crippen molar-refractivity contribution in [1.82, 2.24) is 9.97 Å². The molecule has 0 unspecified atom stereocenters. The number of H-pyrrole nitrogens is 2. The molecule has 44 heavy (non-hydrogen) atoms. The van der Waals surface area contributed by atoms with Crippen LogP contribution in [0.5, 0.6) is 0 Å². The summed E-state index contributed by atoms with van der Waals surface area (Å²) in [5.41, 5.74) is 8.62. The van der Waals surface area contributed by atoms with E-state index >= 15 is 0 Å². The van der Waals surface area contributed by atoms with E-state index in [-0.39, 0.29) is 0 Å². The fourth-order valence-electron chi connectivity index (χ4n) is 4.63. The predicted molar refractivity (Wildman–Crippen MR) is 211 cm³/mol. The van der Waals surface area contributed by atoms with Gasteiger partial charge in [0.05, 0.1) is 11.0 Å². The Morgan fingerprint density at radius 2 is 0.818 bits per heavy atom. The second-order valence-electron chi connectivity index (χ2n) is 7.90. The Morgan fingerprint density at radius 1 is 0.523 bits per heavy atom. The van der Waals surface area contributed by atoms with Crippen molar-refractivity contribution in [1.29, 1.82) is 0 Å². The summed E-state index contributed by atoms with van der Waals surface area (Å²) in [4.78, 5) is 7.23. The Kier molecular flexibility index (Phi) is 21.9. The minimum absolute atomic E-state index is 0.482. The third-order valence-electron chi connectivity index (χ3n) is 6.03. The average Bonchev–Trinajstić information content (AvgIpc) is 3.63. The third kappa shape index (κ3) is 8.68. The van der Waals surface area contributed by atoms with E-state index in [9.17, 15) is 0 Å². The summed E-state index contributed by atoms with van der Waals surface area (Å²) >= 11 is 13.4. The molecule has 0 amide bonds. The lowest BCUT2D eigenvalue weighted by atomic mass is 9.88. The van der Waals surface area contributed by atoms with Crippen LogP contribution in [0.2, 0.25) is 0 Å². The van der Waals surface area contributed by atoms with Crippen molar-refractivity contribution in [3.05, 3.63) is 120 Å². The largest absolute Gasteiger partial charge is 0.354 e. The summed E-state index contributed by atoms with van der Waals surface area (Å²) in [6.45, 7) is 44.1. The van der Waals surface area contributed by atoms with Crippen molar-refractivity contribution in [3.8, 4) is 0 Å². The van der Waals surface area contributed by atoms with Crippen molar-refractivity contribution in [3.63, 3.8) is 0 Å². The van der Waals surface area contributed by atoms with Crippen LogP contribution in [0.25, 0.3) is 57.3 Å². The SMILES string of the molecule is C=C/C(Cl)=C(\C=C)c1c2[nH]c(/C=C\C)c(C=C)c2c(/C(C=C)=C(\Cl)C=C)c2[nH]c(/C=C\C)c(C=C)c12.CC.CC.CC.CC. The zero-order valence-corrected chi connectivity index (χ0v) is 30.3. The van der Waals surface area contributed by atoms with Gasteiger partial charge in [-0.25, -0.2) is 0 Å². The number of benzene rings is 1. The zero-order valence-electron chi connectivity index (χ0n) is 28.8. The average molecular weight is 634 g/mol. The fourth-order valence-corrected chi connectivity index (χ4v) is 4.97. The van der Waals surface area contributed by atoms with Gasteiger partial charge >= 0.3 is 0 Å². The lowest BCUT2D eigenvalue weighted by Crippen LogP contribution is -1.96. The van der Waals surface area contributed by atoms with Crippen LogP contribution in [0, 0.1) is 0 Å². The Bertz CT molecular complexity index is 1440. The number of aromatic nitrogens is 2. The molecule has 0 atom stereocenters. The standard InChI is InChI=1S/C32H30Cl2N2.4C2H6/c1-9-17-25-21(13-5)29-27(19(11-3)23(33)15-7)32-30(22(14-6)26(36-32)18-10-2)28(31(29)35-25)20(12-4)24(34)16-8;4*1-2/h9-18,35-36H,3-8H2,1-2H3;4*1-2H3/b17-9-,18-10-,23-19-,24-20-;;;;. The number of fused-ring (bicyclic) bond motifs is 2. The van der Waals surface area contributed by atoms with Crippen LogP contribution in [0.15, 0.2) is 86.0 Å². The third-order valence-corrected chi connectivity index (χ3v) is 6.75. The van der Waals surface area contributed by atoms with Crippen molar-refractivity contribution < 1.29 is 0 Å². The first kappa shape index (κ1) is 42.4. The van der Waals surface area contributed by atoms with Gasteiger partial charge in [0.25, 0.3) is 0 Å². The summed E-state index contributed by atoms with van der Waals surface area (Å²) in [6, 6.07) is 0. The fraction of sp³-hybridized carbons (Fsp3) is 0.250. The summed E-state index contributed by atoms with van der Waals surface area (Å²) in [5.74, 6) is 0. The maximum atomic E-state index is 6.71. The second kappa shape index (κ2) is 22.8. The quantitative estimate of drug-likeness (QED) is 0.208. The number of hydrogen-bond acceptors (Lipinski definition) is 0. The molecule has 238 valence electrons. The second-order valence-corrected chi connectivity index (χ2v) is 8.72. The molecule has 3 rings (SSSR count). The first-order chi connectivity index (χ1) is 21.4. The summed E-state index contributed by atoms with van der Waals surface area (Å²) in [7, 11) is 0. The lowest BCUT2D eigenvalue weighted by molar-refractivity contribution is 1.41. The van der Waals surface area contributed by atoms with Gasteiger partial charge in [-0.1, -0.05) is 167 Å². The molecule has 2 heterocycles. The maximum absolute atomic E-state index is 6.71. The van der Waals surface area contributed by atoms with Crippen molar-refractivity contribution >= 4 is 80.5 Å². The van der Waals surface area contributed by atoms with Crippen LogP contribution in [0.1, 0.15) is 103 Å². The van der Waals surface area contributed by atoms with E-state index in [0.29, 0.717) is 10.1 Å². The molecule has 0 fully saturated rings. The van der Waals surface area contributed by atoms with Gasteiger partial charge in [-0.3, -0.25) is 0 Å². The van der Waals surface area contributed by atoms with Crippen molar-refractivity contribution in [2.75, 3.05) is 0 Å². The topological polar surface area (TPSA) is 31.6 Å². The van der Waals surface area contributed by atoms with E-state index in [0.717, 1.165) is 66.6 Å². The first-order valence-corrected chi connectivity index (χ1v) is 16.2. The monoisotopic (exact) mass is 632 g/mol. The van der Waals surface area contributed by atoms with Gasteiger partial charge in [-0.05, 0) is 26.0 Å². The highest BCUT2D eigenvalue weighted by molar-refractivity contribution is 6.37. The number of nitrogens with one attached hydrogen (secondary N) is 2. The van der Waals surface area contributed by atoms with E-state index in [2.05, 4.69) is 49.4 Å². The Hall–Kier alpha value is -3.72. The summed E-state index contributed by atoms with van der Waals surface area (Å²) in [6.07, 6.45) is 18.4. The zero-order chi connectivity index (χ0) is 34.6. The first-order valence-electron chi connectivity index (χ1n) is 15.5. The molecule has 4 heteroatoms. The molecule has 0 saturated carbocycles. The molecule has 0 bridgehead atoms. The molecule has 2 nitrogen and oxygen atoms in total. The molecular weight excluding hydrogens is 579 g/mol. The van der Waals surface area contributed by atoms with Crippen LogP contribution in [0.4, 0.5) is 0 Å². The highest BCUT2D eigenvalue weighted by Gasteiger charge is 2.27. The van der Waals surface area contributed by atoms with Gasteiger partial charge in [-0.2, -0.15) is 0 Å². The summed E-state index contributed by atoms with van der Waals surface area (Å²) < 4.78 is 0. The number of rotatable bonds is 10. The van der Waals surface area contributed by atoms with E-state index in [4.69, 9.17) is 23.2 Å². The molecule has 0 aliphatic rings. The van der Waals surface area contributed by atoms with Crippen LogP contribution < -0.4 is 0 Å². The number of halogens is 2. The smallest absolute Gasteiger partial charge is 0.0559 e. The predicted octanol–water partition coefficient (Wildman–Crippen LogP) is 14.7. The molecule has 0 spiro atoms. The van der Waals surface area contributed by atoms with Crippen LogP contribution in [-0.2, 0) is 0 Å². The van der Waals surface area contributed by atoms with Crippen LogP contribution in [-0.4, -0.2) is 9.97 Å². The minimum Gasteiger partial charge on any atom is -0.354 e. The highest BCUT2D eigenvalue weighted by Crippen LogP contribution is 2.47. The molecule has 0 saturated heterocycles. The molecule has 3 aromatic rings. The Balaban J connectivity index is 0. The van der Waals surface area contributed by atoms with E-state index in [1.807, 2.05) is 106 Å². The van der Waals surface area contributed by atoms with Gasteiger partial charge in [0.2, 0.25) is 0 Å². The van der Waals surface area contributed by atoms with Gasteiger partial charge in [0.1, 0.15) is 0 Å². The molecule has 0 aliphatic carbocycles.